The van der Waals surface area contributed by atoms with E-state index in [1.54, 1.807) is 29.7 Å². The quantitative estimate of drug-likeness (QED) is 0.783. The van der Waals surface area contributed by atoms with E-state index in [1.165, 1.54) is 0 Å². The Morgan fingerprint density at radius 1 is 1.29 bits per heavy atom. The normalized spacial score (nSPS) is 10.5. The van der Waals surface area contributed by atoms with Crippen molar-refractivity contribution in [2.75, 3.05) is 5.32 Å². The maximum atomic E-state index is 12.0. The molecule has 1 N–H and O–H groups in total. The highest BCUT2D eigenvalue weighted by Gasteiger charge is 2.14. The van der Waals surface area contributed by atoms with E-state index in [9.17, 15) is 4.79 Å². The summed E-state index contributed by atoms with van der Waals surface area (Å²) in [7, 11) is 0. The van der Waals surface area contributed by atoms with Crippen LogP contribution in [0.1, 0.15) is 4.88 Å². The Labute approximate surface area is 130 Å². The number of nitrogens with one attached hydrogen (secondary N) is 1. The minimum Gasteiger partial charge on any atom is -0.338 e. The molecule has 3 rings (SSSR count). The molecule has 4 nitrogen and oxygen atoms in total. The molecule has 1 aromatic carbocycles. The van der Waals surface area contributed by atoms with E-state index in [0.717, 1.165) is 16.0 Å². The summed E-state index contributed by atoms with van der Waals surface area (Å²) in [5, 5.41) is 9.09. The standard InChI is InChI=1S/C15H11ClN2O2S/c16-11-5-3-10(4-6-11)13-9-17-20-15(13)18-14(19)8-12-2-1-7-21-12/h1-7,9H,8H2,(H,18,19). The van der Waals surface area contributed by atoms with Crippen molar-refractivity contribution in [3.8, 4) is 11.1 Å². The maximum absolute atomic E-state index is 12.0. The molecule has 0 unspecified atom stereocenters. The fourth-order valence-electron chi connectivity index (χ4n) is 1.91. The number of amides is 1. The molecule has 3 aromatic rings. The number of anilines is 1. The molecule has 106 valence electrons. The monoisotopic (exact) mass is 318 g/mol. The minimum atomic E-state index is -0.135. The van der Waals surface area contributed by atoms with E-state index in [-0.39, 0.29) is 5.91 Å². The van der Waals surface area contributed by atoms with Crippen molar-refractivity contribution in [2.24, 2.45) is 0 Å². The van der Waals surface area contributed by atoms with E-state index in [4.69, 9.17) is 16.1 Å². The molecule has 0 aliphatic carbocycles. The van der Waals surface area contributed by atoms with Crippen molar-refractivity contribution in [3.63, 3.8) is 0 Å². The topological polar surface area (TPSA) is 55.1 Å². The van der Waals surface area contributed by atoms with Crippen LogP contribution >= 0.6 is 22.9 Å². The van der Waals surface area contributed by atoms with Gasteiger partial charge in [0.25, 0.3) is 0 Å². The Bertz CT molecular complexity index is 735. The van der Waals surface area contributed by atoms with Gasteiger partial charge >= 0.3 is 0 Å². The van der Waals surface area contributed by atoms with E-state index in [2.05, 4.69) is 10.5 Å². The molecule has 0 bridgehead atoms. The SMILES string of the molecule is O=C(Cc1cccs1)Nc1oncc1-c1ccc(Cl)cc1. The average Bonchev–Trinajstić information content (AvgIpc) is 3.11. The fraction of sp³-hybridized carbons (Fsp3) is 0.0667. The lowest BCUT2D eigenvalue weighted by Gasteiger charge is -2.03. The summed E-state index contributed by atoms with van der Waals surface area (Å²) in [5.41, 5.74) is 1.61. The molecule has 2 aromatic heterocycles. The maximum Gasteiger partial charge on any atom is 0.239 e. The lowest BCUT2D eigenvalue weighted by molar-refractivity contribution is -0.115. The van der Waals surface area contributed by atoms with Gasteiger partial charge in [0.2, 0.25) is 11.8 Å². The molecule has 21 heavy (non-hydrogen) atoms. The van der Waals surface area contributed by atoms with Gasteiger partial charge in [-0.3, -0.25) is 10.1 Å². The number of thiophene rings is 1. The molecule has 2 heterocycles. The summed E-state index contributed by atoms with van der Waals surface area (Å²) >= 11 is 7.41. The zero-order valence-electron chi connectivity index (χ0n) is 10.9. The molecule has 6 heteroatoms. The Morgan fingerprint density at radius 3 is 2.81 bits per heavy atom. The second-order valence-electron chi connectivity index (χ2n) is 4.38. The molecule has 0 radical (unpaired) electrons. The highest BCUT2D eigenvalue weighted by molar-refractivity contribution is 7.10. The first-order chi connectivity index (χ1) is 10.2. The number of halogens is 1. The van der Waals surface area contributed by atoms with E-state index < -0.39 is 0 Å². The smallest absolute Gasteiger partial charge is 0.239 e. The van der Waals surface area contributed by atoms with Crippen LogP contribution in [-0.2, 0) is 11.2 Å². The fourth-order valence-corrected chi connectivity index (χ4v) is 2.74. The third-order valence-corrected chi connectivity index (χ3v) is 4.02. The lowest BCUT2D eigenvalue weighted by atomic mass is 10.1. The van der Waals surface area contributed by atoms with Crippen LogP contribution in [0.5, 0.6) is 0 Å². The molecular weight excluding hydrogens is 308 g/mol. The van der Waals surface area contributed by atoms with Crippen molar-refractivity contribution < 1.29 is 9.32 Å². The summed E-state index contributed by atoms with van der Waals surface area (Å²) in [6.45, 7) is 0. The zero-order valence-corrected chi connectivity index (χ0v) is 12.4. The van der Waals surface area contributed by atoms with E-state index in [1.807, 2.05) is 29.6 Å². The van der Waals surface area contributed by atoms with Gasteiger partial charge in [0.1, 0.15) is 0 Å². The second-order valence-corrected chi connectivity index (χ2v) is 5.85. The van der Waals surface area contributed by atoms with Crippen molar-refractivity contribution in [1.29, 1.82) is 0 Å². The third kappa shape index (κ3) is 3.32. The van der Waals surface area contributed by atoms with Gasteiger partial charge in [-0.15, -0.1) is 11.3 Å². The lowest BCUT2D eigenvalue weighted by Crippen LogP contribution is -2.13. The van der Waals surface area contributed by atoms with Crippen LogP contribution in [-0.4, -0.2) is 11.1 Å². The molecular formula is C15H11ClN2O2S. The molecule has 0 aliphatic heterocycles. The van der Waals surface area contributed by atoms with Gasteiger partial charge in [-0.1, -0.05) is 35.0 Å². The Kier molecular flexibility index (Phi) is 4.03. The number of benzene rings is 1. The molecule has 0 aliphatic rings. The molecule has 0 spiro atoms. The number of aromatic nitrogens is 1. The van der Waals surface area contributed by atoms with Crippen molar-refractivity contribution in [1.82, 2.24) is 5.16 Å². The number of carbonyl (C=O) groups is 1. The number of hydrogen-bond acceptors (Lipinski definition) is 4. The number of carbonyl (C=O) groups excluding carboxylic acids is 1. The highest BCUT2D eigenvalue weighted by Crippen LogP contribution is 2.28. The molecule has 0 saturated carbocycles. The average molecular weight is 319 g/mol. The predicted molar refractivity (Wildman–Crippen MR) is 83.6 cm³/mol. The number of hydrogen-bond donors (Lipinski definition) is 1. The Balaban J connectivity index is 1.76. The molecule has 1 amide bonds. The summed E-state index contributed by atoms with van der Waals surface area (Å²) in [5.74, 6) is 0.211. The minimum absolute atomic E-state index is 0.135. The van der Waals surface area contributed by atoms with E-state index in [0.29, 0.717) is 17.3 Å². The largest absolute Gasteiger partial charge is 0.338 e. The molecule has 0 atom stereocenters. The third-order valence-electron chi connectivity index (χ3n) is 2.89. The molecule has 0 saturated heterocycles. The van der Waals surface area contributed by atoms with Crippen molar-refractivity contribution >= 4 is 34.7 Å². The van der Waals surface area contributed by atoms with Crippen LogP contribution < -0.4 is 5.32 Å². The van der Waals surface area contributed by atoms with Crippen LogP contribution in [0.2, 0.25) is 5.02 Å². The van der Waals surface area contributed by atoms with Crippen LogP contribution in [0, 0.1) is 0 Å². The van der Waals surface area contributed by atoms with Crippen LogP contribution in [0.25, 0.3) is 11.1 Å². The second kappa shape index (κ2) is 6.11. The van der Waals surface area contributed by atoms with Crippen LogP contribution in [0.3, 0.4) is 0 Å². The summed E-state index contributed by atoms with van der Waals surface area (Å²) in [4.78, 5) is 13.0. The van der Waals surface area contributed by atoms with Gasteiger partial charge in [-0.25, -0.2) is 0 Å². The van der Waals surface area contributed by atoms with Gasteiger partial charge in [-0.05, 0) is 29.1 Å². The van der Waals surface area contributed by atoms with Crippen LogP contribution in [0.4, 0.5) is 5.88 Å². The summed E-state index contributed by atoms with van der Waals surface area (Å²) in [6.07, 6.45) is 1.89. The van der Waals surface area contributed by atoms with Gasteiger partial charge in [-0.2, -0.15) is 0 Å². The van der Waals surface area contributed by atoms with Gasteiger partial charge < -0.3 is 4.52 Å². The van der Waals surface area contributed by atoms with E-state index >= 15 is 0 Å². The zero-order chi connectivity index (χ0) is 14.7. The van der Waals surface area contributed by atoms with Gasteiger partial charge in [0.05, 0.1) is 18.2 Å². The van der Waals surface area contributed by atoms with Gasteiger partial charge in [0, 0.05) is 9.90 Å². The highest BCUT2D eigenvalue weighted by atomic mass is 35.5. The van der Waals surface area contributed by atoms with Gasteiger partial charge in [0.15, 0.2) is 0 Å². The predicted octanol–water partition coefficient (Wildman–Crippen LogP) is 4.24. The number of rotatable bonds is 4. The molecule has 0 fully saturated rings. The Morgan fingerprint density at radius 2 is 2.10 bits per heavy atom. The first-order valence-electron chi connectivity index (χ1n) is 6.25. The van der Waals surface area contributed by atoms with Crippen molar-refractivity contribution in [3.05, 3.63) is 57.9 Å². The van der Waals surface area contributed by atoms with Crippen molar-refractivity contribution in [2.45, 2.75) is 6.42 Å². The first kappa shape index (κ1) is 13.9. The number of nitrogens with zero attached hydrogens (tertiary/aromatic N) is 1. The summed E-state index contributed by atoms with van der Waals surface area (Å²) < 4.78 is 5.13. The Hall–Kier alpha value is -2.11. The first-order valence-corrected chi connectivity index (χ1v) is 7.51. The summed E-state index contributed by atoms with van der Waals surface area (Å²) in [6, 6.07) is 11.1. The van der Waals surface area contributed by atoms with Crippen LogP contribution in [0.15, 0.2) is 52.5 Å².